The highest BCUT2D eigenvalue weighted by molar-refractivity contribution is 7.92. The van der Waals surface area contributed by atoms with Gasteiger partial charge in [0.1, 0.15) is 5.82 Å². The van der Waals surface area contributed by atoms with E-state index in [4.69, 9.17) is 5.11 Å². The summed E-state index contributed by atoms with van der Waals surface area (Å²) in [6, 6.07) is 2.50. The zero-order valence-electron chi connectivity index (χ0n) is 10.4. The molecule has 0 saturated carbocycles. The summed E-state index contributed by atoms with van der Waals surface area (Å²) in [5.74, 6) is -3.46. The number of anilines is 1. The Morgan fingerprint density at radius 1 is 1.29 bits per heavy atom. The lowest BCUT2D eigenvalue weighted by atomic mass is 10.2. The lowest BCUT2D eigenvalue weighted by Gasteiger charge is -2.09. The quantitative estimate of drug-likeness (QED) is 0.786. The molecule has 1 rings (SSSR count). The number of halogens is 4. The average molecular weight is 329 g/mol. The molecule has 0 fully saturated rings. The third-order valence-electron chi connectivity index (χ3n) is 2.35. The monoisotopic (exact) mass is 329 g/mol. The molecule has 0 aliphatic heterocycles. The average Bonchev–Trinajstić information content (AvgIpc) is 2.25. The van der Waals surface area contributed by atoms with E-state index in [1.54, 1.807) is 0 Å². The van der Waals surface area contributed by atoms with Crippen LogP contribution in [0, 0.1) is 5.82 Å². The van der Waals surface area contributed by atoms with E-state index in [9.17, 15) is 30.8 Å². The largest absolute Gasteiger partial charge is 0.478 e. The molecule has 0 aliphatic rings. The first-order chi connectivity index (χ1) is 9.50. The van der Waals surface area contributed by atoms with Crippen molar-refractivity contribution >= 4 is 21.7 Å². The van der Waals surface area contributed by atoms with Crippen LogP contribution in [0.2, 0.25) is 0 Å². The van der Waals surface area contributed by atoms with E-state index in [1.807, 2.05) is 4.72 Å². The van der Waals surface area contributed by atoms with Crippen LogP contribution >= 0.6 is 0 Å². The molecule has 0 amide bonds. The minimum absolute atomic E-state index is 0.260. The van der Waals surface area contributed by atoms with Crippen LogP contribution in [0.25, 0.3) is 0 Å². The zero-order chi connectivity index (χ0) is 16.3. The van der Waals surface area contributed by atoms with Crippen LogP contribution in [0.5, 0.6) is 0 Å². The summed E-state index contributed by atoms with van der Waals surface area (Å²) >= 11 is 0. The maximum absolute atomic E-state index is 13.3. The Bertz CT molecular complexity index is 628. The topological polar surface area (TPSA) is 83.5 Å². The number of aromatic carboxylic acids is 1. The second-order valence-electron chi connectivity index (χ2n) is 4.14. The first-order valence-electron chi connectivity index (χ1n) is 5.60. The highest BCUT2D eigenvalue weighted by atomic mass is 32.2. The van der Waals surface area contributed by atoms with Gasteiger partial charge in [-0.15, -0.1) is 0 Å². The Hall–Kier alpha value is -1.84. The first kappa shape index (κ1) is 17.2. The van der Waals surface area contributed by atoms with Crippen molar-refractivity contribution in [3.05, 3.63) is 29.6 Å². The minimum atomic E-state index is -4.45. The molecule has 0 unspecified atom stereocenters. The number of carbonyl (C=O) groups is 1. The van der Waals surface area contributed by atoms with Gasteiger partial charge in [-0.1, -0.05) is 0 Å². The molecule has 1 aromatic carbocycles. The summed E-state index contributed by atoms with van der Waals surface area (Å²) in [6.45, 7) is 0. The molecule has 0 aromatic heterocycles. The highest BCUT2D eigenvalue weighted by Gasteiger charge is 2.27. The number of hydrogen-bond acceptors (Lipinski definition) is 3. The smallest absolute Gasteiger partial charge is 0.389 e. The molecule has 0 atom stereocenters. The van der Waals surface area contributed by atoms with Gasteiger partial charge in [-0.25, -0.2) is 17.6 Å². The van der Waals surface area contributed by atoms with Gasteiger partial charge in [0.05, 0.1) is 17.0 Å². The van der Waals surface area contributed by atoms with Crippen molar-refractivity contribution in [2.45, 2.75) is 19.0 Å². The van der Waals surface area contributed by atoms with Gasteiger partial charge < -0.3 is 5.11 Å². The molecule has 5 nitrogen and oxygen atoms in total. The standard InChI is InChI=1S/C11H11F4NO4S/c12-9-6-7(2-3-8(9)10(17)18)16-21(19,20)5-1-4-11(13,14)15/h2-3,6,16H,1,4-5H2,(H,17,18). The summed E-state index contributed by atoms with van der Waals surface area (Å²) in [4.78, 5) is 10.6. The van der Waals surface area contributed by atoms with Crippen molar-refractivity contribution in [3.63, 3.8) is 0 Å². The van der Waals surface area contributed by atoms with E-state index >= 15 is 0 Å². The molecular formula is C11H11F4NO4S. The van der Waals surface area contributed by atoms with Crippen molar-refractivity contribution in [1.82, 2.24) is 0 Å². The Balaban J connectivity index is 2.72. The highest BCUT2D eigenvalue weighted by Crippen LogP contribution is 2.22. The second kappa shape index (κ2) is 6.29. The van der Waals surface area contributed by atoms with Crippen LogP contribution < -0.4 is 4.72 Å². The molecule has 0 saturated heterocycles. The Labute approximate surface area is 117 Å². The van der Waals surface area contributed by atoms with E-state index in [2.05, 4.69) is 0 Å². The number of alkyl halides is 3. The van der Waals surface area contributed by atoms with E-state index in [0.29, 0.717) is 6.07 Å². The Morgan fingerprint density at radius 3 is 2.38 bits per heavy atom. The molecule has 1 aromatic rings. The van der Waals surface area contributed by atoms with Crippen LogP contribution in [-0.2, 0) is 10.0 Å². The number of sulfonamides is 1. The van der Waals surface area contributed by atoms with E-state index in [-0.39, 0.29) is 5.69 Å². The molecule has 0 radical (unpaired) electrons. The van der Waals surface area contributed by atoms with Gasteiger partial charge in [0.25, 0.3) is 0 Å². The first-order valence-corrected chi connectivity index (χ1v) is 7.25. The third-order valence-corrected chi connectivity index (χ3v) is 3.72. The molecule has 118 valence electrons. The summed E-state index contributed by atoms with van der Waals surface area (Å²) in [5.41, 5.74) is -0.903. The molecule has 0 spiro atoms. The summed E-state index contributed by atoms with van der Waals surface area (Å²) in [7, 11) is -4.07. The fraction of sp³-hybridized carbons (Fsp3) is 0.364. The van der Waals surface area contributed by atoms with Crippen LogP contribution in [0.15, 0.2) is 18.2 Å². The molecule has 10 heteroatoms. The van der Waals surface area contributed by atoms with Crippen LogP contribution in [0.4, 0.5) is 23.2 Å². The van der Waals surface area contributed by atoms with Gasteiger partial charge in [-0.3, -0.25) is 4.72 Å². The summed E-state index contributed by atoms with van der Waals surface area (Å²) in [5, 5.41) is 8.60. The number of carboxylic acids is 1. The normalized spacial score (nSPS) is 12.2. The lowest BCUT2D eigenvalue weighted by Crippen LogP contribution is -2.19. The molecule has 21 heavy (non-hydrogen) atoms. The molecule has 2 N–H and O–H groups in total. The third kappa shape index (κ3) is 5.98. The fourth-order valence-electron chi connectivity index (χ4n) is 1.45. The van der Waals surface area contributed by atoms with Gasteiger partial charge in [-0.05, 0) is 24.6 Å². The van der Waals surface area contributed by atoms with Gasteiger partial charge in [-0.2, -0.15) is 13.2 Å². The Kier molecular flexibility index (Phi) is 5.15. The van der Waals surface area contributed by atoms with Gasteiger partial charge in [0, 0.05) is 6.42 Å². The summed E-state index contributed by atoms with van der Waals surface area (Å²) < 4.78 is 73.9. The lowest BCUT2D eigenvalue weighted by molar-refractivity contribution is -0.134. The molecular weight excluding hydrogens is 318 g/mol. The van der Waals surface area contributed by atoms with Crippen molar-refractivity contribution in [1.29, 1.82) is 0 Å². The summed E-state index contributed by atoms with van der Waals surface area (Å²) in [6.07, 6.45) is -6.33. The van der Waals surface area contributed by atoms with Gasteiger partial charge >= 0.3 is 12.1 Å². The van der Waals surface area contributed by atoms with E-state index in [0.717, 1.165) is 12.1 Å². The predicted octanol–water partition coefficient (Wildman–Crippen LogP) is 2.61. The van der Waals surface area contributed by atoms with Gasteiger partial charge in [0.2, 0.25) is 10.0 Å². The number of nitrogens with one attached hydrogen (secondary N) is 1. The number of rotatable bonds is 6. The predicted molar refractivity (Wildman–Crippen MR) is 66.1 cm³/mol. The number of benzene rings is 1. The van der Waals surface area contributed by atoms with Crippen LogP contribution in [0.3, 0.4) is 0 Å². The Morgan fingerprint density at radius 2 is 1.90 bits per heavy atom. The van der Waals surface area contributed by atoms with E-state index in [1.165, 1.54) is 0 Å². The van der Waals surface area contributed by atoms with Crippen LogP contribution in [0.1, 0.15) is 23.2 Å². The fourth-order valence-corrected chi connectivity index (χ4v) is 2.56. The van der Waals surface area contributed by atoms with Gasteiger partial charge in [0.15, 0.2) is 0 Å². The number of carboxylic acid groups (broad SMARTS) is 1. The van der Waals surface area contributed by atoms with Crippen LogP contribution in [-0.4, -0.2) is 31.4 Å². The molecule has 0 aliphatic carbocycles. The number of hydrogen-bond donors (Lipinski definition) is 2. The minimum Gasteiger partial charge on any atom is -0.478 e. The zero-order valence-corrected chi connectivity index (χ0v) is 11.3. The SMILES string of the molecule is O=C(O)c1ccc(NS(=O)(=O)CCCC(F)(F)F)cc1F. The van der Waals surface area contributed by atoms with Crippen molar-refractivity contribution in [2.75, 3.05) is 10.5 Å². The van der Waals surface area contributed by atoms with Crippen molar-refractivity contribution in [3.8, 4) is 0 Å². The van der Waals surface area contributed by atoms with Crippen molar-refractivity contribution in [2.24, 2.45) is 0 Å². The molecule has 0 heterocycles. The maximum Gasteiger partial charge on any atom is 0.389 e. The molecule has 0 bridgehead atoms. The maximum atomic E-state index is 13.3. The van der Waals surface area contributed by atoms with E-state index < -0.39 is 52.1 Å². The second-order valence-corrected chi connectivity index (χ2v) is 5.98. The van der Waals surface area contributed by atoms with Crippen molar-refractivity contribution < 1.29 is 35.9 Å².